The Labute approximate surface area is 212 Å². The molecule has 1 atom stereocenters. The van der Waals surface area contributed by atoms with E-state index in [2.05, 4.69) is 9.89 Å². The number of benzene rings is 1. The van der Waals surface area contributed by atoms with Crippen molar-refractivity contribution in [1.82, 2.24) is 4.57 Å². The van der Waals surface area contributed by atoms with Gasteiger partial charge in [0.15, 0.2) is 10.7 Å². The van der Waals surface area contributed by atoms with Crippen LogP contribution in [0.1, 0.15) is 50.5 Å². The van der Waals surface area contributed by atoms with Crippen molar-refractivity contribution >= 4 is 29.3 Å². The summed E-state index contributed by atoms with van der Waals surface area (Å²) in [7, 11) is 1.59. The number of allylic oxidation sites excluding steroid dienone is 1. The second-order valence-corrected chi connectivity index (χ2v) is 9.81. The Hall–Kier alpha value is -3.59. The molecule has 0 N–H and O–H groups in total. The third-order valence-corrected chi connectivity index (χ3v) is 7.49. The van der Waals surface area contributed by atoms with Gasteiger partial charge in [-0.25, -0.2) is 9.79 Å². The molecule has 0 amide bonds. The monoisotopic (exact) mass is 507 g/mol. The molecule has 2 aliphatic heterocycles. The smallest absolute Gasteiger partial charge is 0.338 e. The van der Waals surface area contributed by atoms with Gasteiger partial charge in [0.25, 0.3) is 5.56 Å². The Morgan fingerprint density at radius 1 is 1.17 bits per heavy atom. The van der Waals surface area contributed by atoms with E-state index >= 15 is 0 Å². The summed E-state index contributed by atoms with van der Waals surface area (Å²) in [5.74, 6) is 1.64. The van der Waals surface area contributed by atoms with Crippen LogP contribution in [0.2, 0.25) is 0 Å². The summed E-state index contributed by atoms with van der Waals surface area (Å²) in [5, 5.41) is 0. The molecule has 1 unspecified atom stereocenters. The molecular formula is C27H29N3O5S. The fraction of sp³-hybridized carbons (Fsp3) is 0.370. The molecule has 0 aliphatic carbocycles. The van der Waals surface area contributed by atoms with E-state index in [1.807, 2.05) is 36.4 Å². The molecule has 188 valence electrons. The number of piperidine rings is 1. The van der Waals surface area contributed by atoms with Crippen LogP contribution in [-0.2, 0) is 9.53 Å². The van der Waals surface area contributed by atoms with E-state index in [-0.39, 0.29) is 12.2 Å². The second kappa shape index (κ2) is 10.2. The summed E-state index contributed by atoms with van der Waals surface area (Å²) in [6, 6.07) is 10.5. The zero-order valence-corrected chi connectivity index (χ0v) is 21.5. The number of rotatable bonds is 6. The number of hydrogen-bond donors (Lipinski definition) is 0. The lowest BCUT2D eigenvalue weighted by Gasteiger charge is -2.25. The standard InChI is InChI=1S/C27H29N3O5S/c1-4-34-26(32)23-17(2)28-27-30(24(23)18-8-10-19(33-3)11-9-18)25(31)21(36-27)16-20-12-13-22(35-20)29-14-6-5-7-15-29/h8-13,16,24H,4-7,14-15H2,1-3H3/b21-16+. The predicted octanol–water partition coefficient (Wildman–Crippen LogP) is 3.39. The zero-order chi connectivity index (χ0) is 25.2. The fourth-order valence-corrected chi connectivity index (χ4v) is 5.75. The fourth-order valence-electron chi connectivity index (χ4n) is 4.73. The van der Waals surface area contributed by atoms with Gasteiger partial charge in [-0.1, -0.05) is 23.5 Å². The number of anilines is 1. The van der Waals surface area contributed by atoms with Crippen LogP contribution in [0.5, 0.6) is 5.75 Å². The summed E-state index contributed by atoms with van der Waals surface area (Å²) >= 11 is 1.28. The van der Waals surface area contributed by atoms with Crippen molar-refractivity contribution in [1.29, 1.82) is 0 Å². The number of carbonyl (C=O) groups is 1. The summed E-state index contributed by atoms with van der Waals surface area (Å²) in [6.45, 7) is 5.72. The number of carbonyl (C=O) groups excluding carboxylic acids is 1. The first-order valence-electron chi connectivity index (χ1n) is 12.2. The number of ether oxygens (including phenoxy) is 2. The van der Waals surface area contributed by atoms with E-state index in [1.165, 1.54) is 17.8 Å². The minimum absolute atomic E-state index is 0.229. The lowest BCUT2D eigenvalue weighted by molar-refractivity contribution is -0.139. The minimum Gasteiger partial charge on any atom is -0.497 e. The number of aromatic nitrogens is 1. The van der Waals surface area contributed by atoms with Crippen LogP contribution in [-0.4, -0.2) is 37.3 Å². The van der Waals surface area contributed by atoms with Gasteiger partial charge in [0.05, 0.1) is 35.6 Å². The van der Waals surface area contributed by atoms with Crippen molar-refractivity contribution in [2.75, 3.05) is 31.7 Å². The minimum atomic E-state index is -0.658. The maximum atomic E-state index is 13.7. The predicted molar refractivity (Wildman–Crippen MR) is 138 cm³/mol. The second-order valence-electron chi connectivity index (χ2n) is 8.80. The number of thiazole rings is 1. The number of esters is 1. The molecule has 3 aromatic rings. The van der Waals surface area contributed by atoms with E-state index in [0.717, 1.165) is 37.4 Å². The summed E-state index contributed by atoms with van der Waals surface area (Å²) < 4.78 is 18.8. The highest BCUT2D eigenvalue weighted by molar-refractivity contribution is 7.07. The molecule has 8 nitrogen and oxygen atoms in total. The normalized spacial score (nSPS) is 18.1. The third-order valence-electron chi connectivity index (χ3n) is 6.50. The zero-order valence-electron chi connectivity index (χ0n) is 20.7. The highest BCUT2D eigenvalue weighted by Crippen LogP contribution is 2.31. The van der Waals surface area contributed by atoms with Crippen LogP contribution >= 0.6 is 11.3 Å². The molecule has 0 radical (unpaired) electrons. The molecule has 1 saturated heterocycles. The van der Waals surface area contributed by atoms with Gasteiger partial charge >= 0.3 is 5.97 Å². The largest absolute Gasteiger partial charge is 0.497 e. The van der Waals surface area contributed by atoms with E-state index in [9.17, 15) is 9.59 Å². The summed E-state index contributed by atoms with van der Waals surface area (Å²) in [5.41, 5.74) is 1.43. The number of methoxy groups -OCH3 is 1. The molecular weight excluding hydrogens is 478 g/mol. The average Bonchev–Trinajstić information content (AvgIpc) is 3.48. The molecule has 1 aromatic carbocycles. The van der Waals surface area contributed by atoms with Crippen molar-refractivity contribution in [2.45, 2.75) is 39.2 Å². The number of fused-ring (bicyclic) bond motifs is 1. The van der Waals surface area contributed by atoms with Crippen molar-refractivity contribution in [2.24, 2.45) is 4.99 Å². The maximum absolute atomic E-state index is 13.7. The number of hydrogen-bond acceptors (Lipinski definition) is 8. The molecule has 36 heavy (non-hydrogen) atoms. The highest BCUT2D eigenvalue weighted by atomic mass is 32.1. The van der Waals surface area contributed by atoms with Gasteiger partial charge in [-0.05, 0) is 56.9 Å². The number of nitrogens with zero attached hydrogens (tertiary/aromatic N) is 3. The van der Waals surface area contributed by atoms with Crippen LogP contribution < -0.4 is 24.5 Å². The lowest BCUT2D eigenvalue weighted by atomic mass is 9.96. The molecule has 5 rings (SSSR count). The Balaban J connectivity index is 1.60. The number of furan rings is 1. The third kappa shape index (κ3) is 4.51. The van der Waals surface area contributed by atoms with Crippen molar-refractivity contribution in [3.8, 4) is 5.75 Å². The Kier molecular flexibility index (Phi) is 6.82. The van der Waals surface area contributed by atoms with Crippen molar-refractivity contribution in [3.05, 3.63) is 78.7 Å². The quantitative estimate of drug-likeness (QED) is 0.476. The Morgan fingerprint density at radius 2 is 1.92 bits per heavy atom. The molecule has 0 spiro atoms. The van der Waals surface area contributed by atoms with Gasteiger partial charge < -0.3 is 18.8 Å². The molecule has 0 saturated carbocycles. The highest BCUT2D eigenvalue weighted by Gasteiger charge is 2.33. The Bertz CT molecular complexity index is 1470. The van der Waals surface area contributed by atoms with Gasteiger partial charge in [0.1, 0.15) is 11.5 Å². The van der Waals surface area contributed by atoms with Crippen molar-refractivity contribution in [3.63, 3.8) is 0 Å². The van der Waals surface area contributed by atoms with E-state index in [1.54, 1.807) is 31.6 Å². The van der Waals surface area contributed by atoms with E-state index in [4.69, 9.17) is 13.9 Å². The Morgan fingerprint density at radius 3 is 2.61 bits per heavy atom. The van der Waals surface area contributed by atoms with Gasteiger partial charge in [0.2, 0.25) is 0 Å². The molecule has 1 fully saturated rings. The van der Waals surface area contributed by atoms with E-state index < -0.39 is 12.0 Å². The van der Waals surface area contributed by atoms with Crippen LogP contribution in [0.15, 0.2) is 61.9 Å². The van der Waals surface area contributed by atoms with E-state index in [0.29, 0.717) is 32.1 Å². The molecule has 2 aliphatic rings. The van der Waals surface area contributed by atoms with Gasteiger partial charge in [-0.15, -0.1) is 0 Å². The van der Waals surface area contributed by atoms with Crippen LogP contribution in [0, 0.1) is 0 Å². The van der Waals surface area contributed by atoms with Gasteiger partial charge in [0, 0.05) is 25.2 Å². The maximum Gasteiger partial charge on any atom is 0.338 e. The van der Waals surface area contributed by atoms with Crippen LogP contribution in [0.4, 0.5) is 5.88 Å². The van der Waals surface area contributed by atoms with Crippen LogP contribution in [0.3, 0.4) is 0 Å². The van der Waals surface area contributed by atoms with Crippen molar-refractivity contribution < 1.29 is 18.7 Å². The van der Waals surface area contributed by atoms with Gasteiger partial charge in [-0.2, -0.15) is 0 Å². The van der Waals surface area contributed by atoms with Gasteiger partial charge in [-0.3, -0.25) is 9.36 Å². The molecule has 0 bridgehead atoms. The lowest BCUT2D eigenvalue weighted by Crippen LogP contribution is -2.39. The first kappa shape index (κ1) is 24.1. The average molecular weight is 508 g/mol. The topological polar surface area (TPSA) is 86.3 Å². The first-order chi connectivity index (χ1) is 17.5. The SMILES string of the molecule is CCOC(=O)C1=C(C)N=c2s/c(=C/c3ccc(N4CCCCC4)o3)c(=O)n2C1c1ccc(OC)cc1. The molecule has 9 heteroatoms. The molecule has 4 heterocycles. The first-order valence-corrected chi connectivity index (χ1v) is 13.0. The van der Waals surface area contributed by atoms with Crippen LogP contribution in [0.25, 0.3) is 6.08 Å². The molecule has 2 aromatic heterocycles. The summed E-state index contributed by atoms with van der Waals surface area (Å²) in [4.78, 5) is 34.1. The summed E-state index contributed by atoms with van der Waals surface area (Å²) in [6.07, 6.45) is 5.31.